The molecular formula is C23H37NO2. The average Bonchev–Trinajstić information content (AvgIpc) is 3.03. The molecule has 3 nitrogen and oxygen atoms in total. The number of carbonyl (C=O) groups excluding carboxylic acids is 1. The molecule has 4 bridgehead atoms. The van der Waals surface area contributed by atoms with Gasteiger partial charge in [0, 0.05) is 11.4 Å². The summed E-state index contributed by atoms with van der Waals surface area (Å²) in [6, 6.07) is 2.35. The van der Waals surface area contributed by atoms with E-state index in [0.29, 0.717) is 17.8 Å². The lowest BCUT2D eigenvalue weighted by Crippen LogP contribution is -2.29. The highest BCUT2D eigenvalue weighted by atomic mass is 16.6. The Morgan fingerprint density at radius 3 is 2.42 bits per heavy atom. The predicted molar refractivity (Wildman–Crippen MR) is 107 cm³/mol. The van der Waals surface area contributed by atoms with Gasteiger partial charge in [0.2, 0.25) is 0 Å². The molecule has 0 fully saturated rings. The van der Waals surface area contributed by atoms with Crippen molar-refractivity contribution in [1.82, 2.24) is 4.57 Å². The van der Waals surface area contributed by atoms with Gasteiger partial charge in [-0.1, -0.05) is 46.0 Å². The van der Waals surface area contributed by atoms with Gasteiger partial charge in [0.15, 0.2) is 0 Å². The van der Waals surface area contributed by atoms with E-state index in [2.05, 4.69) is 19.9 Å². The molecule has 0 unspecified atom stereocenters. The lowest BCUT2D eigenvalue weighted by molar-refractivity contribution is 0.0528. The number of ether oxygens (including phenoxy) is 1. The monoisotopic (exact) mass is 359 g/mol. The standard InChI is InChI=1S/C23H37NO2/c1-16(2)21-17-12-10-8-6-7-9-11-13-18-15-19(21)20(14-17)24(18)22(25)26-23(3,4)5/h15-17,21H,6-14H2,1-5H3/t17-,21+/m0/s1. The van der Waals surface area contributed by atoms with Crippen molar-refractivity contribution in [2.75, 3.05) is 0 Å². The maximum absolute atomic E-state index is 13.0. The van der Waals surface area contributed by atoms with Crippen molar-refractivity contribution in [3.8, 4) is 0 Å². The lowest BCUT2D eigenvalue weighted by Gasteiger charge is -2.24. The highest BCUT2D eigenvalue weighted by Crippen LogP contribution is 2.46. The summed E-state index contributed by atoms with van der Waals surface area (Å²) < 4.78 is 7.73. The summed E-state index contributed by atoms with van der Waals surface area (Å²) in [6.07, 6.45) is 11.0. The largest absolute Gasteiger partial charge is 0.443 e. The van der Waals surface area contributed by atoms with Crippen LogP contribution in [0.15, 0.2) is 6.07 Å². The second kappa shape index (κ2) is 7.78. The van der Waals surface area contributed by atoms with Crippen LogP contribution >= 0.6 is 0 Å². The lowest BCUT2D eigenvalue weighted by atomic mass is 9.80. The minimum absolute atomic E-state index is 0.174. The molecule has 0 aromatic carbocycles. The molecule has 2 heterocycles. The molecule has 3 heteroatoms. The van der Waals surface area contributed by atoms with Gasteiger partial charge in [-0.3, -0.25) is 4.57 Å². The van der Waals surface area contributed by atoms with Gasteiger partial charge in [-0.25, -0.2) is 4.79 Å². The normalized spacial score (nSPS) is 24.2. The molecule has 0 N–H and O–H groups in total. The molecule has 4 rings (SSSR count). The molecule has 0 saturated heterocycles. The molecule has 0 spiro atoms. The first-order chi connectivity index (χ1) is 12.3. The van der Waals surface area contributed by atoms with Gasteiger partial charge in [-0.2, -0.15) is 0 Å². The fourth-order valence-electron chi connectivity index (χ4n) is 5.08. The van der Waals surface area contributed by atoms with E-state index in [4.69, 9.17) is 4.74 Å². The van der Waals surface area contributed by atoms with Crippen molar-refractivity contribution in [3.05, 3.63) is 23.0 Å². The molecular weight excluding hydrogens is 322 g/mol. The summed E-state index contributed by atoms with van der Waals surface area (Å²) in [7, 11) is 0. The molecule has 2 atom stereocenters. The van der Waals surface area contributed by atoms with E-state index in [0.717, 1.165) is 12.8 Å². The Balaban J connectivity index is 1.99. The van der Waals surface area contributed by atoms with E-state index in [1.165, 1.54) is 61.9 Å². The third-order valence-corrected chi connectivity index (χ3v) is 6.09. The number of carbonyl (C=O) groups is 1. The number of nitrogens with zero attached hydrogens (tertiary/aromatic N) is 1. The third kappa shape index (κ3) is 4.18. The number of rotatable bonds is 1. The molecule has 1 aliphatic heterocycles. The molecule has 0 saturated carbocycles. The summed E-state index contributed by atoms with van der Waals surface area (Å²) in [5.41, 5.74) is 3.40. The summed E-state index contributed by atoms with van der Waals surface area (Å²) in [4.78, 5) is 13.0. The number of fused-ring (bicyclic) bond motifs is 7. The van der Waals surface area contributed by atoms with Gasteiger partial charge >= 0.3 is 6.09 Å². The van der Waals surface area contributed by atoms with Crippen molar-refractivity contribution in [2.45, 2.75) is 104 Å². The Morgan fingerprint density at radius 1 is 1.12 bits per heavy atom. The summed E-state index contributed by atoms with van der Waals surface area (Å²) in [5.74, 6) is 1.89. The Hall–Kier alpha value is -1.25. The summed E-state index contributed by atoms with van der Waals surface area (Å²) in [5, 5.41) is 0. The van der Waals surface area contributed by atoms with Gasteiger partial charge in [0.25, 0.3) is 0 Å². The zero-order valence-electron chi connectivity index (χ0n) is 17.4. The molecule has 0 amide bonds. The molecule has 1 aromatic heterocycles. The van der Waals surface area contributed by atoms with Crippen molar-refractivity contribution < 1.29 is 9.53 Å². The van der Waals surface area contributed by atoms with E-state index in [-0.39, 0.29) is 6.09 Å². The van der Waals surface area contributed by atoms with E-state index >= 15 is 0 Å². The highest BCUT2D eigenvalue weighted by molar-refractivity contribution is 5.74. The topological polar surface area (TPSA) is 31.2 Å². The summed E-state index contributed by atoms with van der Waals surface area (Å²) in [6.45, 7) is 10.5. The van der Waals surface area contributed by atoms with Crippen LogP contribution in [0.4, 0.5) is 4.79 Å². The van der Waals surface area contributed by atoms with Crippen molar-refractivity contribution in [3.63, 3.8) is 0 Å². The number of hydrogen-bond acceptors (Lipinski definition) is 2. The van der Waals surface area contributed by atoms with Crippen molar-refractivity contribution in [1.29, 1.82) is 0 Å². The van der Waals surface area contributed by atoms with Gasteiger partial charge in [-0.05, 0) is 75.8 Å². The Bertz CT molecular complexity index is 635. The van der Waals surface area contributed by atoms with Crippen LogP contribution in [0.3, 0.4) is 0 Å². The Morgan fingerprint density at radius 2 is 1.77 bits per heavy atom. The van der Waals surface area contributed by atoms with Crippen LogP contribution in [-0.4, -0.2) is 16.3 Å². The zero-order chi connectivity index (χ0) is 18.9. The van der Waals surface area contributed by atoms with E-state index in [1.807, 2.05) is 25.3 Å². The van der Waals surface area contributed by atoms with E-state index < -0.39 is 5.60 Å². The smallest absolute Gasteiger partial charge is 0.418 e. The highest BCUT2D eigenvalue weighted by Gasteiger charge is 2.39. The van der Waals surface area contributed by atoms with Crippen LogP contribution in [-0.2, 0) is 17.6 Å². The fourth-order valence-corrected chi connectivity index (χ4v) is 5.08. The number of aromatic nitrogens is 1. The predicted octanol–water partition coefficient (Wildman–Crippen LogP) is 6.47. The number of aryl methyl sites for hydroxylation is 1. The molecule has 1 aromatic rings. The second-order valence-corrected chi connectivity index (χ2v) is 9.75. The SMILES string of the molecule is CC(C)[C@H]1c2cc3n(C(=O)OC(C)(C)C)c2C[C@@H]1CCCCCCCC3. The number of hydrogen-bond donors (Lipinski definition) is 0. The van der Waals surface area contributed by atoms with Crippen molar-refractivity contribution >= 4 is 6.09 Å². The van der Waals surface area contributed by atoms with Crippen molar-refractivity contribution in [2.24, 2.45) is 11.8 Å². The molecule has 26 heavy (non-hydrogen) atoms. The zero-order valence-corrected chi connectivity index (χ0v) is 17.4. The molecule has 146 valence electrons. The first-order valence-electron chi connectivity index (χ1n) is 10.7. The van der Waals surface area contributed by atoms with Gasteiger partial charge in [0.1, 0.15) is 5.60 Å². The Kier molecular flexibility index (Phi) is 5.84. The second-order valence-electron chi connectivity index (χ2n) is 9.75. The van der Waals surface area contributed by atoms with Crippen LogP contribution < -0.4 is 0 Å². The first kappa shape index (κ1) is 19.5. The van der Waals surface area contributed by atoms with Gasteiger partial charge in [-0.15, -0.1) is 0 Å². The minimum Gasteiger partial charge on any atom is -0.443 e. The van der Waals surface area contributed by atoms with Crippen LogP contribution in [0, 0.1) is 11.8 Å². The average molecular weight is 360 g/mol. The molecule has 2 aliphatic carbocycles. The van der Waals surface area contributed by atoms with Crippen LogP contribution in [0.5, 0.6) is 0 Å². The maximum Gasteiger partial charge on any atom is 0.418 e. The fraction of sp³-hybridized carbons (Fsp3) is 0.783. The van der Waals surface area contributed by atoms with Gasteiger partial charge < -0.3 is 4.74 Å². The van der Waals surface area contributed by atoms with E-state index in [9.17, 15) is 4.79 Å². The van der Waals surface area contributed by atoms with Crippen LogP contribution in [0.1, 0.15) is 102 Å². The Labute approximate surface area is 159 Å². The quantitative estimate of drug-likeness (QED) is 0.575. The molecule has 0 radical (unpaired) electrons. The first-order valence-corrected chi connectivity index (χ1v) is 10.7. The summed E-state index contributed by atoms with van der Waals surface area (Å²) >= 11 is 0. The van der Waals surface area contributed by atoms with E-state index in [1.54, 1.807) is 0 Å². The maximum atomic E-state index is 13.0. The molecule has 3 aliphatic rings. The van der Waals surface area contributed by atoms with Crippen LogP contribution in [0.2, 0.25) is 0 Å². The van der Waals surface area contributed by atoms with Crippen LogP contribution in [0.25, 0.3) is 0 Å². The minimum atomic E-state index is -0.454. The van der Waals surface area contributed by atoms with Gasteiger partial charge in [0.05, 0.1) is 0 Å². The third-order valence-electron chi connectivity index (χ3n) is 6.09.